The van der Waals surface area contributed by atoms with Gasteiger partial charge < -0.3 is 10.2 Å². The summed E-state index contributed by atoms with van der Waals surface area (Å²) in [6.07, 6.45) is 0.304. The number of nitrogens with zero attached hydrogens (tertiary/aromatic N) is 2. The zero-order valence-corrected chi connectivity index (χ0v) is 9.96. The molecule has 1 saturated heterocycles. The predicted molar refractivity (Wildman–Crippen MR) is 66.3 cm³/mol. The van der Waals surface area contributed by atoms with E-state index in [2.05, 4.69) is 5.32 Å². The van der Waals surface area contributed by atoms with E-state index in [0.717, 1.165) is 31.7 Å². The highest BCUT2D eigenvalue weighted by atomic mass is 16.6. The third kappa shape index (κ3) is 3.04. The Kier molecular flexibility index (Phi) is 3.88. The summed E-state index contributed by atoms with van der Waals surface area (Å²) in [5, 5.41) is 13.7. The molecule has 0 aliphatic carbocycles. The van der Waals surface area contributed by atoms with Gasteiger partial charge in [-0.25, -0.2) is 0 Å². The molecule has 0 spiro atoms. The van der Waals surface area contributed by atoms with Gasteiger partial charge in [0.05, 0.1) is 11.3 Å². The third-order valence-corrected chi connectivity index (χ3v) is 2.97. The number of rotatable bonds is 3. The fourth-order valence-electron chi connectivity index (χ4n) is 1.94. The zero-order valence-electron chi connectivity index (χ0n) is 9.96. The van der Waals surface area contributed by atoms with Crippen LogP contribution in [0.15, 0.2) is 24.3 Å². The standard InChI is InChI=1S/C12H15N3O3/c16-12(14-7-5-13-6-8-14)9-10-1-3-11(4-2-10)15(17)18/h1-4,13H,5-9H2. The molecule has 1 fully saturated rings. The molecule has 0 bridgehead atoms. The number of benzene rings is 1. The van der Waals surface area contributed by atoms with Crippen LogP contribution in [-0.4, -0.2) is 41.9 Å². The first-order chi connectivity index (χ1) is 8.66. The van der Waals surface area contributed by atoms with E-state index in [-0.39, 0.29) is 11.6 Å². The number of nitrogens with one attached hydrogen (secondary N) is 1. The molecule has 6 heteroatoms. The highest BCUT2D eigenvalue weighted by Gasteiger charge is 2.16. The van der Waals surface area contributed by atoms with Crippen molar-refractivity contribution in [3.63, 3.8) is 0 Å². The number of amides is 1. The molecule has 1 N–H and O–H groups in total. The van der Waals surface area contributed by atoms with Crippen LogP contribution >= 0.6 is 0 Å². The fraction of sp³-hybridized carbons (Fsp3) is 0.417. The second-order valence-corrected chi connectivity index (χ2v) is 4.23. The Morgan fingerprint density at radius 1 is 1.28 bits per heavy atom. The molecule has 18 heavy (non-hydrogen) atoms. The maximum Gasteiger partial charge on any atom is 0.269 e. The maximum atomic E-state index is 12.0. The molecule has 1 aromatic carbocycles. The van der Waals surface area contributed by atoms with Gasteiger partial charge in [-0.2, -0.15) is 0 Å². The van der Waals surface area contributed by atoms with Crippen LogP contribution in [0, 0.1) is 10.1 Å². The topological polar surface area (TPSA) is 75.5 Å². The summed E-state index contributed by atoms with van der Waals surface area (Å²) in [7, 11) is 0. The van der Waals surface area contributed by atoms with Crippen molar-refractivity contribution >= 4 is 11.6 Å². The van der Waals surface area contributed by atoms with E-state index in [1.165, 1.54) is 12.1 Å². The van der Waals surface area contributed by atoms with Gasteiger partial charge in [0, 0.05) is 38.3 Å². The number of carbonyl (C=O) groups is 1. The van der Waals surface area contributed by atoms with Gasteiger partial charge in [-0.05, 0) is 5.56 Å². The van der Waals surface area contributed by atoms with Gasteiger partial charge in [-0.15, -0.1) is 0 Å². The van der Waals surface area contributed by atoms with Gasteiger partial charge in [0.15, 0.2) is 0 Å². The van der Waals surface area contributed by atoms with E-state index in [4.69, 9.17) is 0 Å². The molecular weight excluding hydrogens is 234 g/mol. The minimum absolute atomic E-state index is 0.0494. The molecule has 1 aromatic rings. The Morgan fingerprint density at radius 3 is 2.44 bits per heavy atom. The van der Waals surface area contributed by atoms with E-state index < -0.39 is 4.92 Å². The highest BCUT2D eigenvalue weighted by molar-refractivity contribution is 5.79. The SMILES string of the molecule is O=C(Cc1ccc([N+](=O)[O-])cc1)N1CCNCC1. The molecule has 0 unspecified atom stereocenters. The first kappa shape index (κ1) is 12.5. The summed E-state index contributed by atoms with van der Waals surface area (Å²) < 4.78 is 0. The van der Waals surface area contributed by atoms with Crippen molar-refractivity contribution in [2.24, 2.45) is 0 Å². The Morgan fingerprint density at radius 2 is 1.89 bits per heavy atom. The van der Waals surface area contributed by atoms with Crippen molar-refractivity contribution in [2.45, 2.75) is 6.42 Å². The Labute approximate surface area is 105 Å². The van der Waals surface area contributed by atoms with Crippen molar-refractivity contribution in [1.29, 1.82) is 0 Å². The number of nitro benzene ring substituents is 1. The van der Waals surface area contributed by atoms with E-state index >= 15 is 0 Å². The van der Waals surface area contributed by atoms with Crippen LogP contribution in [0.2, 0.25) is 0 Å². The van der Waals surface area contributed by atoms with Crippen molar-refractivity contribution in [2.75, 3.05) is 26.2 Å². The fourth-order valence-corrected chi connectivity index (χ4v) is 1.94. The Balaban J connectivity index is 1.96. The minimum atomic E-state index is -0.443. The summed E-state index contributed by atoms with van der Waals surface area (Å²) in [6.45, 7) is 3.11. The number of non-ortho nitro benzene ring substituents is 1. The quantitative estimate of drug-likeness (QED) is 0.627. The number of hydrogen-bond donors (Lipinski definition) is 1. The first-order valence-electron chi connectivity index (χ1n) is 5.88. The number of hydrogen-bond acceptors (Lipinski definition) is 4. The van der Waals surface area contributed by atoms with E-state index in [1.807, 2.05) is 4.90 Å². The largest absolute Gasteiger partial charge is 0.340 e. The van der Waals surface area contributed by atoms with Gasteiger partial charge in [0.2, 0.25) is 5.91 Å². The molecule has 1 aliphatic rings. The molecule has 96 valence electrons. The minimum Gasteiger partial charge on any atom is -0.340 e. The van der Waals surface area contributed by atoms with Crippen LogP contribution in [0.25, 0.3) is 0 Å². The molecular formula is C12H15N3O3. The van der Waals surface area contributed by atoms with Crippen molar-refractivity contribution in [3.05, 3.63) is 39.9 Å². The summed E-state index contributed by atoms with van der Waals surface area (Å²) in [6, 6.07) is 6.14. The molecule has 2 rings (SSSR count). The van der Waals surface area contributed by atoms with Crippen molar-refractivity contribution in [1.82, 2.24) is 10.2 Å². The lowest BCUT2D eigenvalue weighted by molar-refractivity contribution is -0.384. The van der Waals surface area contributed by atoms with Crippen LogP contribution in [0.3, 0.4) is 0 Å². The second kappa shape index (κ2) is 5.59. The first-order valence-corrected chi connectivity index (χ1v) is 5.88. The van der Waals surface area contributed by atoms with Crippen LogP contribution in [0.1, 0.15) is 5.56 Å². The predicted octanol–water partition coefficient (Wildman–Crippen LogP) is 0.569. The van der Waals surface area contributed by atoms with Gasteiger partial charge in [-0.1, -0.05) is 12.1 Å². The van der Waals surface area contributed by atoms with Crippen molar-refractivity contribution < 1.29 is 9.72 Å². The van der Waals surface area contributed by atoms with Crippen molar-refractivity contribution in [3.8, 4) is 0 Å². The van der Waals surface area contributed by atoms with Gasteiger partial charge in [0.25, 0.3) is 5.69 Å². The molecule has 1 aliphatic heterocycles. The van der Waals surface area contributed by atoms with E-state index in [1.54, 1.807) is 12.1 Å². The Bertz CT molecular complexity index is 438. The number of piperazine rings is 1. The van der Waals surface area contributed by atoms with Crippen LogP contribution in [-0.2, 0) is 11.2 Å². The number of nitro groups is 1. The molecule has 0 radical (unpaired) electrons. The maximum absolute atomic E-state index is 12.0. The van der Waals surface area contributed by atoms with Crippen LogP contribution in [0.4, 0.5) is 5.69 Å². The molecule has 0 atom stereocenters. The highest BCUT2D eigenvalue weighted by Crippen LogP contribution is 2.13. The van der Waals surface area contributed by atoms with Gasteiger partial charge in [0.1, 0.15) is 0 Å². The third-order valence-electron chi connectivity index (χ3n) is 2.97. The lowest BCUT2D eigenvalue weighted by Gasteiger charge is -2.27. The molecule has 1 amide bonds. The number of carbonyl (C=O) groups excluding carboxylic acids is 1. The molecule has 1 heterocycles. The van der Waals surface area contributed by atoms with E-state index in [9.17, 15) is 14.9 Å². The van der Waals surface area contributed by atoms with E-state index in [0.29, 0.717) is 6.42 Å². The Hall–Kier alpha value is -1.95. The summed E-state index contributed by atoms with van der Waals surface area (Å²) >= 11 is 0. The molecule has 0 aromatic heterocycles. The van der Waals surface area contributed by atoms with Crippen LogP contribution in [0.5, 0.6) is 0 Å². The molecule has 6 nitrogen and oxygen atoms in total. The summed E-state index contributed by atoms with van der Waals surface area (Å²) in [4.78, 5) is 23.8. The van der Waals surface area contributed by atoms with Gasteiger partial charge in [-0.3, -0.25) is 14.9 Å². The second-order valence-electron chi connectivity index (χ2n) is 4.23. The normalized spacial score (nSPS) is 15.4. The summed E-state index contributed by atoms with van der Waals surface area (Å²) in [5.74, 6) is 0.0744. The lowest BCUT2D eigenvalue weighted by Crippen LogP contribution is -2.46. The smallest absolute Gasteiger partial charge is 0.269 e. The average Bonchev–Trinajstić information content (AvgIpc) is 2.40. The summed E-state index contributed by atoms with van der Waals surface area (Å²) in [5.41, 5.74) is 0.859. The monoisotopic (exact) mass is 249 g/mol. The van der Waals surface area contributed by atoms with Crippen LogP contribution < -0.4 is 5.32 Å². The van der Waals surface area contributed by atoms with Gasteiger partial charge >= 0.3 is 0 Å². The molecule has 0 saturated carbocycles. The zero-order chi connectivity index (χ0) is 13.0. The average molecular weight is 249 g/mol. The lowest BCUT2D eigenvalue weighted by atomic mass is 10.1.